The Morgan fingerprint density at radius 3 is 2.56 bits per heavy atom. The standard InChI is InChI=1S/C30H36N10O3/c1-21(16-34-20-33)43-28-14-22(2-3-23(28)15-32)24-17-35-30(36-18-24)37-27-19-40(38-29(27)42-11-8-31)26-6-4-25(5-7-26)39-9-12-41-13-10-39/h2-3,14,17-21,25-26H,4-7,9-13,16H2,1H3,(H2,33,34)(H,35,36,37)/t21-,25-,26-/m0/s1. The minimum Gasteiger partial charge on any atom is -0.487 e. The number of hydrogen-bond acceptors (Lipinski definition) is 11. The molecular weight excluding hydrogens is 548 g/mol. The van der Waals surface area contributed by atoms with Gasteiger partial charge in [0.15, 0.2) is 6.61 Å². The van der Waals surface area contributed by atoms with Crippen molar-refractivity contribution in [2.75, 3.05) is 44.8 Å². The molecule has 1 atom stereocenters. The van der Waals surface area contributed by atoms with E-state index in [1.165, 1.54) is 0 Å². The lowest BCUT2D eigenvalue weighted by molar-refractivity contribution is 0.00503. The second kappa shape index (κ2) is 14.4. The number of rotatable bonds is 12. The average molecular weight is 585 g/mol. The van der Waals surface area contributed by atoms with Crippen molar-refractivity contribution in [3.63, 3.8) is 0 Å². The van der Waals surface area contributed by atoms with Crippen molar-refractivity contribution >= 4 is 18.0 Å². The largest absolute Gasteiger partial charge is 0.487 e. The van der Waals surface area contributed by atoms with Crippen molar-refractivity contribution < 1.29 is 14.2 Å². The van der Waals surface area contributed by atoms with Crippen molar-refractivity contribution in [1.82, 2.24) is 30.0 Å². The van der Waals surface area contributed by atoms with Crippen LogP contribution >= 0.6 is 0 Å². The van der Waals surface area contributed by atoms with Crippen molar-refractivity contribution in [2.24, 2.45) is 0 Å². The maximum atomic E-state index is 9.52. The first-order chi connectivity index (χ1) is 21.1. The van der Waals surface area contributed by atoms with E-state index in [2.05, 4.69) is 36.7 Å². The first kappa shape index (κ1) is 29.8. The van der Waals surface area contributed by atoms with Gasteiger partial charge in [-0.15, -0.1) is 5.10 Å². The molecule has 5 rings (SSSR count). The molecule has 2 aromatic heterocycles. The Labute approximate surface area is 250 Å². The van der Waals surface area contributed by atoms with Gasteiger partial charge in [0.2, 0.25) is 5.95 Å². The molecule has 3 heterocycles. The zero-order chi connectivity index (χ0) is 30.0. The van der Waals surface area contributed by atoms with Gasteiger partial charge in [-0.05, 0) is 50.3 Å². The van der Waals surface area contributed by atoms with Crippen LogP contribution in [0.25, 0.3) is 11.1 Å². The molecule has 13 nitrogen and oxygen atoms in total. The van der Waals surface area contributed by atoms with E-state index >= 15 is 0 Å². The topological polar surface area (TPSA) is 170 Å². The summed E-state index contributed by atoms with van der Waals surface area (Å²) in [7, 11) is 0. The summed E-state index contributed by atoms with van der Waals surface area (Å²) in [6, 6.07) is 10.3. The van der Waals surface area contributed by atoms with Crippen LogP contribution in [-0.2, 0) is 4.74 Å². The first-order valence-corrected chi connectivity index (χ1v) is 14.5. The van der Waals surface area contributed by atoms with Crippen LogP contribution in [0.2, 0.25) is 0 Å². The highest BCUT2D eigenvalue weighted by atomic mass is 16.5. The highest BCUT2D eigenvalue weighted by molar-refractivity contribution is 5.67. The van der Waals surface area contributed by atoms with E-state index in [0.29, 0.717) is 41.4 Å². The summed E-state index contributed by atoms with van der Waals surface area (Å²) in [5.41, 5.74) is 2.56. The number of anilines is 2. The number of nitriles is 2. The molecule has 2 aliphatic rings. The minimum atomic E-state index is -0.245. The molecule has 1 aromatic carbocycles. The smallest absolute Gasteiger partial charge is 0.257 e. The van der Waals surface area contributed by atoms with E-state index < -0.39 is 0 Å². The lowest BCUT2D eigenvalue weighted by atomic mass is 9.90. The second-order valence-corrected chi connectivity index (χ2v) is 10.6. The van der Waals surface area contributed by atoms with Crippen molar-refractivity contribution in [3.8, 4) is 34.9 Å². The SMILES string of the molecule is C[C@@H](CNC=N)Oc1cc(-c2cnc(Nc3cn([C@H]4CC[C@H](N5CCOCC5)CC4)nc3OCC#N)nc2)ccc1C#N. The molecule has 0 radical (unpaired) electrons. The van der Waals surface area contributed by atoms with Crippen LogP contribution in [0, 0.1) is 28.1 Å². The van der Waals surface area contributed by atoms with Crippen LogP contribution in [0.15, 0.2) is 36.8 Å². The van der Waals surface area contributed by atoms with E-state index in [1.807, 2.05) is 29.9 Å². The molecule has 3 N–H and O–H groups in total. The molecule has 13 heteroatoms. The maximum Gasteiger partial charge on any atom is 0.257 e. The molecule has 0 spiro atoms. The number of nitrogens with one attached hydrogen (secondary N) is 3. The third kappa shape index (κ3) is 7.57. The van der Waals surface area contributed by atoms with Crippen molar-refractivity contribution in [1.29, 1.82) is 15.9 Å². The Bertz CT molecular complexity index is 1450. The Morgan fingerprint density at radius 1 is 1.12 bits per heavy atom. The molecule has 1 aliphatic carbocycles. The maximum absolute atomic E-state index is 9.52. The highest BCUT2D eigenvalue weighted by Crippen LogP contribution is 2.35. The van der Waals surface area contributed by atoms with Gasteiger partial charge in [-0.2, -0.15) is 10.5 Å². The normalized spacial score (nSPS) is 19.4. The minimum absolute atomic E-state index is 0.117. The zero-order valence-corrected chi connectivity index (χ0v) is 24.2. The van der Waals surface area contributed by atoms with Crippen LogP contribution < -0.4 is 20.1 Å². The molecule has 1 saturated heterocycles. The molecule has 224 valence electrons. The molecule has 1 aliphatic heterocycles. The van der Waals surface area contributed by atoms with Gasteiger partial charge in [-0.3, -0.25) is 15.0 Å². The summed E-state index contributed by atoms with van der Waals surface area (Å²) in [4.78, 5) is 11.5. The van der Waals surface area contributed by atoms with Gasteiger partial charge in [0.25, 0.3) is 5.88 Å². The Balaban J connectivity index is 1.27. The van der Waals surface area contributed by atoms with Crippen LogP contribution in [0.5, 0.6) is 11.6 Å². The van der Waals surface area contributed by atoms with Gasteiger partial charge in [-0.25, -0.2) is 9.97 Å². The van der Waals surface area contributed by atoms with E-state index in [0.717, 1.165) is 69.5 Å². The van der Waals surface area contributed by atoms with Gasteiger partial charge in [0.1, 0.15) is 29.7 Å². The van der Waals surface area contributed by atoms with Gasteiger partial charge in [0.05, 0.1) is 43.9 Å². The number of morpholine rings is 1. The summed E-state index contributed by atoms with van der Waals surface area (Å²) < 4.78 is 19.0. The van der Waals surface area contributed by atoms with E-state index in [-0.39, 0.29) is 18.8 Å². The quantitative estimate of drug-likeness (QED) is 0.210. The summed E-state index contributed by atoms with van der Waals surface area (Å²) >= 11 is 0. The van der Waals surface area contributed by atoms with Crippen LogP contribution in [-0.4, -0.2) is 82.6 Å². The van der Waals surface area contributed by atoms with Crippen LogP contribution in [0.1, 0.15) is 44.2 Å². The van der Waals surface area contributed by atoms with Gasteiger partial charge in [-0.1, -0.05) is 6.07 Å². The second-order valence-electron chi connectivity index (χ2n) is 10.6. The average Bonchev–Trinajstić information content (AvgIpc) is 3.45. The lowest BCUT2D eigenvalue weighted by Gasteiger charge is -2.38. The molecule has 43 heavy (non-hydrogen) atoms. The number of nitrogens with zero attached hydrogens (tertiary/aromatic N) is 7. The van der Waals surface area contributed by atoms with Crippen molar-refractivity contribution in [3.05, 3.63) is 42.4 Å². The van der Waals surface area contributed by atoms with Gasteiger partial charge in [0, 0.05) is 37.1 Å². The van der Waals surface area contributed by atoms with Gasteiger partial charge >= 0.3 is 0 Å². The molecular formula is C30H36N10O3. The molecule has 0 bridgehead atoms. The van der Waals surface area contributed by atoms with E-state index in [4.69, 9.17) is 24.9 Å². The molecule has 0 unspecified atom stereocenters. The highest BCUT2D eigenvalue weighted by Gasteiger charge is 2.29. The van der Waals surface area contributed by atoms with E-state index in [9.17, 15) is 5.26 Å². The third-order valence-electron chi connectivity index (χ3n) is 7.74. The summed E-state index contributed by atoms with van der Waals surface area (Å²) in [6.07, 6.45) is 10.4. The molecule has 3 aromatic rings. The molecule has 2 fully saturated rings. The lowest BCUT2D eigenvalue weighted by Crippen LogP contribution is -2.45. The number of ether oxygens (including phenoxy) is 3. The predicted molar refractivity (Wildman–Crippen MR) is 159 cm³/mol. The van der Waals surface area contributed by atoms with Crippen LogP contribution in [0.4, 0.5) is 11.6 Å². The fourth-order valence-corrected chi connectivity index (χ4v) is 5.52. The summed E-state index contributed by atoms with van der Waals surface area (Å²) in [6.45, 7) is 5.80. The summed E-state index contributed by atoms with van der Waals surface area (Å²) in [5.74, 6) is 1.15. The Morgan fingerprint density at radius 2 is 1.86 bits per heavy atom. The molecule has 0 amide bonds. The van der Waals surface area contributed by atoms with Crippen molar-refractivity contribution in [2.45, 2.75) is 50.8 Å². The Hall–Kier alpha value is -4.72. The fraction of sp³-hybridized carbons (Fsp3) is 0.467. The molecule has 1 saturated carbocycles. The van der Waals surface area contributed by atoms with Gasteiger partial charge < -0.3 is 24.8 Å². The number of hydrogen-bond donors (Lipinski definition) is 3. The fourth-order valence-electron chi connectivity index (χ4n) is 5.52. The number of benzene rings is 1. The van der Waals surface area contributed by atoms with E-state index in [1.54, 1.807) is 24.5 Å². The Kier molecular flexibility index (Phi) is 10.00. The van der Waals surface area contributed by atoms with Crippen LogP contribution in [0.3, 0.4) is 0 Å². The number of aromatic nitrogens is 4. The summed E-state index contributed by atoms with van der Waals surface area (Å²) in [5, 5.41) is 36.4. The third-order valence-corrected chi connectivity index (χ3v) is 7.74. The predicted octanol–water partition coefficient (Wildman–Crippen LogP) is 3.64. The zero-order valence-electron chi connectivity index (χ0n) is 24.2. The first-order valence-electron chi connectivity index (χ1n) is 14.5. The monoisotopic (exact) mass is 584 g/mol.